The molecule has 0 aliphatic heterocycles. The first-order valence-electron chi connectivity index (χ1n) is 5.59. The monoisotopic (exact) mass is 288 g/mol. The van der Waals surface area contributed by atoms with Gasteiger partial charge in [-0.15, -0.1) is 0 Å². The Kier molecular flexibility index (Phi) is 4.84. The fourth-order valence-corrected chi connectivity index (χ4v) is 2.14. The molecule has 0 atom stereocenters. The van der Waals surface area contributed by atoms with Gasteiger partial charge < -0.3 is 4.74 Å². The van der Waals surface area contributed by atoms with Crippen LogP contribution in [0.25, 0.3) is 0 Å². The van der Waals surface area contributed by atoms with Crippen LogP contribution in [-0.4, -0.2) is 25.7 Å². The standard InChI is InChI=1S/C11H16N2O5S/c1-8-6-9(2)11(7-10(8)13(14)15)18-4-3-5-19(12,16)17/h6-7H,3-5H2,1-2H3,(H2,12,16,17). The Morgan fingerprint density at radius 2 is 1.95 bits per heavy atom. The van der Waals surface area contributed by atoms with Gasteiger partial charge in [0.2, 0.25) is 10.0 Å². The minimum absolute atomic E-state index is 0.0213. The van der Waals surface area contributed by atoms with Crippen molar-refractivity contribution >= 4 is 15.7 Å². The first-order valence-corrected chi connectivity index (χ1v) is 7.31. The maximum absolute atomic E-state index is 10.8. The van der Waals surface area contributed by atoms with Crippen LogP contribution < -0.4 is 9.88 Å². The van der Waals surface area contributed by atoms with Crippen molar-refractivity contribution in [3.05, 3.63) is 33.4 Å². The number of nitro benzene ring substituents is 1. The van der Waals surface area contributed by atoms with Crippen LogP contribution in [0.3, 0.4) is 0 Å². The van der Waals surface area contributed by atoms with Gasteiger partial charge in [-0.2, -0.15) is 0 Å². The number of nitrogens with zero attached hydrogens (tertiary/aromatic N) is 1. The molecule has 0 saturated carbocycles. The molecule has 0 unspecified atom stereocenters. The number of benzene rings is 1. The molecule has 0 saturated heterocycles. The topological polar surface area (TPSA) is 113 Å². The molecule has 0 fully saturated rings. The number of rotatable bonds is 6. The Hall–Kier alpha value is -1.67. The number of sulfonamides is 1. The largest absolute Gasteiger partial charge is 0.493 e. The zero-order valence-corrected chi connectivity index (χ0v) is 11.6. The second-order valence-corrected chi connectivity index (χ2v) is 5.96. The zero-order valence-electron chi connectivity index (χ0n) is 10.8. The highest BCUT2D eigenvalue weighted by Crippen LogP contribution is 2.28. The molecule has 0 bridgehead atoms. The molecule has 1 rings (SSSR count). The number of nitrogens with two attached hydrogens (primary N) is 1. The third-order valence-electron chi connectivity index (χ3n) is 2.52. The Morgan fingerprint density at radius 1 is 1.32 bits per heavy atom. The van der Waals surface area contributed by atoms with Crippen molar-refractivity contribution in [2.24, 2.45) is 5.14 Å². The van der Waals surface area contributed by atoms with Gasteiger partial charge in [0.1, 0.15) is 5.75 Å². The van der Waals surface area contributed by atoms with Crippen LogP contribution in [0, 0.1) is 24.0 Å². The Labute approximate surface area is 111 Å². The smallest absolute Gasteiger partial charge is 0.276 e. The summed E-state index contributed by atoms with van der Waals surface area (Å²) in [6.45, 7) is 3.55. The molecule has 0 radical (unpaired) electrons. The molecule has 2 N–H and O–H groups in total. The van der Waals surface area contributed by atoms with Crippen molar-refractivity contribution in [1.29, 1.82) is 0 Å². The van der Waals surface area contributed by atoms with Gasteiger partial charge in [-0.1, -0.05) is 0 Å². The minimum Gasteiger partial charge on any atom is -0.493 e. The maximum Gasteiger partial charge on any atom is 0.276 e. The van der Waals surface area contributed by atoms with Gasteiger partial charge in [-0.3, -0.25) is 10.1 Å². The van der Waals surface area contributed by atoms with Gasteiger partial charge in [-0.05, 0) is 31.9 Å². The minimum atomic E-state index is -3.51. The number of primary sulfonamides is 1. The van der Waals surface area contributed by atoms with E-state index in [2.05, 4.69) is 0 Å². The molecule has 1 aromatic rings. The molecule has 0 amide bonds. The van der Waals surface area contributed by atoms with E-state index in [1.807, 2.05) is 0 Å². The molecule has 0 aromatic heterocycles. The number of aryl methyl sites for hydroxylation is 2. The first kappa shape index (κ1) is 15.4. The Balaban J connectivity index is 2.73. The second kappa shape index (κ2) is 5.98. The maximum atomic E-state index is 10.8. The first-order chi connectivity index (χ1) is 8.70. The van der Waals surface area contributed by atoms with Crippen molar-refractivity contribution in [3.8, 4) is 5.75 Å². The Bertz CT molecular complexity index is 583. The normalized spacial score (nSPS) is 11.3. The SMILES string of the molecule is Cc1cc(C)c([N+](=O)[O-])cc1OCCCS(N)(=O)=O. The van der Waals surface area contributed by atoms with E-state index in [1.54, 1.807) is 19.9 Å². The predicted octanol–water partition coefficient (Wildman–Crippen LogP) is 1.27. The lowest BCUT2D eigenvalue weighted by atomic mass is 10.1. The Morgan fingerprint density at radius 3 is 2.47 bits per heavy atom. The van der Waals surface area contributed by atoms with Gasteiger partial charge in [0.15, 0.2) is 0 Å². The van der Waals surface area contributed by atoms with Crippen molar-refractivity contribution in [3.63, 3.8) is 0 Å². The molecule has 0 heterocycles. The second-order valence-electron chi connectivity index (χ2n) is 4.23. The van der Waals surface area contributed by atoms with Crippen LogP contribution in [0.15, 0.2) is 12.1 Å². The van der Waals surface area contributed by atoms with Gasteiger partial charge in [0.25, 0.3) is 5.69 Å². The van der Waals surface area contributed by atoms with E-state index >= 15 is 0 Å². The summed E-state index contributed by atoms with van der Waals surface area (Å²) in [5.41, 5.74) is 1.30. The zero-order chi connectivity index (χ0) is 14.6. The van der Waals surface area contributed by atoms with Crippen LogP contribution in [-0.2, 0) is 10.0 Å². The third-order valence-corrected chi connectivity index (χ3v) is 3.38. The summed E-state index contributed by atoms with van der Waals surface area (Å²) in [6.07, 6.45) is 0.236. The summed E-state index contributed by atoms with van der Waals surface area (Å²) < 4.78 is 26.8. The van der Waals surface area contributed by atoms with Crippen LogP contribution >= 0.6 is 0 Å². The van der Waals surface area contributed by atoms with Crippen LogP contribution in [0.1, 0.15) is 17.5 Å². The lowest BCUT2D eigenvalue weighted by molar-refractivity contribution is -0.385. The van der Waals surface area contributed by atoms with Crippen LogP contribution in [0.4, 0.5) is 5.69 Å². The summed E-state index contributed by atoms with van der Waals surface area (Å²) in [5, 5.41) is 15.7. The fourth-order valence-electron chi connectivity index (χ4n) is 1.62. The van der Waals surface area contributed by atoms with Gasteiger partial charge in [0.05, 0.1) is 23.3 Å². The molecule has 7 nitrogen and oxygen atoms in total. The molecular formula is C11H16N2O5S. The number of nitro groups is 1. The van der Waals surface area contributed by atoms with Crippen LogP contribution in [0.5, 0.6) is 5.75 Å². The number of hydrogen-bond acceptors (Lipinski definition) is 5. The van der Waals surface area contributed by atoms with Crippen LogP contribution in [0.2, 0.25) is 0 Å². The van der Waals surface area contributed by atoms with Gasteiger partial charge >= 0.3 is 0 Å². The average Bonchev–Trinajstić information content (AvgIpc) is 2.24. The highest BCUT2D eigenvalue weighted by Gasteiger charge is 2.14. The van der Waals surface area contributed by atoms with E-state index in [0.717, 1.165) is 5.56 Å². The molecule has 106 valence electrons. The lowest BCUT2D eigenvalue weighted by Gasteiger charge is -2.09. The summed E-state index contributed by atoms with van der Waals surface area (Å²) in [7, 11) is -3.51. The molecular weight excluding hydrogens is 272 g/mol. The summed E-state index contributed by atoms with van der Waals surface area (Å²) in [6, 6.07) is 3.01. The van der Waals surface area contributed by atoms with E-state index in [9.17, 15) is 18.5 Å². The van der Waals surface area contributed by atoms with E-state index in [-0.39, 0.29) is 24.5 Å². The third kappa shape index (κ3) is 4.84. The van der Waals surface area contributed by atoms with Gasteiger partial charge in [-0.25, -0.2) is 13.6 Å². The number of ether oxygens (including phenoxy) is 1. The van der Waals surface area contributed by atoms with Crippen molar-refractivity contribution < 1.29 is 18.1 Å². The van der Waals surface area contributed by atoms with Gasteiger partial charge in [0, 0.05) is 5.56 Å². The highest BCUT2D eigenvalue weighted by atomic mass is 32.2. The molecule has 0 aliphatic rings. The molecule has 19 heavy (non-hydrogen) atoms. The quantitative estimate of drug-likeness (QED) is 0.481. The molecule has 8 heteroatoms. The molecule has 1 aromatic carbocycles. The van der Waals surface area contributed by atoms with E-state index < -0.39 is 14.9 Å². The molecule has 0 spiro atoms. The van der Waals surface area contributed by atoms with Crippen molar-refractivity contribution in [1.82, 2.24) is 0 Å². The van der Waals surface area contributed by atoms with E-state index in [0.29, 0.717) is 11.3 Å². The van der Waals surface area contributed by atoms with Crippen molar-refractivity contribution in [2.75, 3.05) is 12.4 Å². The number of hydrogen-bond donors (Lipinski definition) is 1. The summed E-state index contributed by atoms with van der Waals surface area (Å²) >= 11 is 0. The van der Waals surface area contributed by atoms with Crippen molar-refractivity contribution in [2.45, 2.75) is 20.3 Å². The molecule has 0 aliphatic carbocycles. The summed E-state index contributed by atoms with van der Waals surface area (Å²) in [5.74, 6) is 0.201. The van der Waals surface area contributed by atoms with E-state index in [4.69, 9.17) is 9.88 Å². The average molecular weight is 288 g/mol. The predicted molar refractivity (Wildman–Crippen MR) is 70.7 cm³/mol. The van der Waals surface area contributed by atoms with E-state index in [1.165, 1.54) is 6.07 Å². The fraction of sp³-hybridized carbons (Fsp3) is 0.455. The lowest BCUT2D eigenvalue weighted by Crippen LogP contribution is -2.18. The summed E-state index contributed by atoms with van der Waals surface area (Å²) in [4.78, 5) is 10.3. The highest BCUT2D eigenvalue weighted by molar-refractivity contribution is 7.89.